The van der Waals surface area contributed by atoms with E-state index >= 15 is 0 Å². The zero-order chi connectivity index (χ0) is 9.97. The van der Waals surface area contributed by atoms with Gasteiger partial charge in [-0.1, -0.05) is 18.3 Å². The molecular weight excluding hydrogens is 194 g/mol. The number of hydrogen-bond donors (Lipinski definition) is 1. The molecule has 0 amide bonds. The molecule has 2 aromatic rings. The van der Waals surface area contributed by atoms with Crippen LogP contribution in [0.4, 0.5) is 0 Å². The lowest BCUT2D eigenvalue weighted by Gasteiger charge is -2.05. The maximum absolute atomic E-state index is 5.58. The van der Waals surface area contributed by atoms with Gasteiger partial charge >= 0.3 is 0 Å². The van der Waals surface area contributed by atoms with E-state index in [0.717, 1.165) is 11.5 Å². The summed E-state index contributed by atoms with van der Waals surface area (Å²) < 4.78 is 1.86. The third-order valence-corrected chi connectivity index (χ3v) is 2.11. The molecule has 4 heteroatoms. The van der Waals surface area contributed by atoms with Crippen LogP contribution >= 0.6 is 12.2 Å². The second kappa shape index (κ2) is 3.59. The van der Waals surface area contributed by atoms with Crippen molar-refractivity contribution in [2.24, 2.45) is 5.73 Å². The second-order valence-corrected chi connectivity index (χ2v) is 3.26. The number of pyridine rings is 1. The molecule has 0 saturated carbocycles. The van der Waals surface area contributed by atoms with Crippen molar-refractivity contribution in [3.05, 3.63) is 48.4 Å². The lowest BCUT2D eigenvalue weighted by molar-refractivity contribution is 0.996. The molecule has 0 saturated heterocycles. The molecule has 0 atom stereocenters. The van der Waals surface area contributed by atoms with E-state index in [1.165, 1.54) is 0 Å². The van der Waals surface area contributed by atoms with Crippen molar-refractivity contribution in [1.82, 2.24) is 9.55 Å². The maximum Gasteiger partial charge on any atom is 0.137 e. The highest BCUT2D eigenvalue weighted by Gasteiger charge is 2.04. The van der Waals surface area contributed by atoms with Crippen molar-refractivity contribution < 1.29 is 0 Å². The summed E-state index contributed by atoms with van der Waals surface area (Å²) in [5.41, 5.74) is 6.38. The zero-order valence-electron chi connectivity index (χ0n) is 7.42. The fraction of sp³-hybridized carbons (Fsp3) is 0. The molecule has 0 radical (unpaired) electrons. The fourth-order valence-electron chi connectivity index (χ4n) is 1.28. The molecule has 0 aliphatic rings. The Balaban J connectivity index is 2.52. The lowest BCUT2D eigenvalue weighted by atomic mass is 10.4. The fourth-order valence-corrected chi connectivity index (χ4v) is 1.44. The van der Waals surface area contributed by atoms with Crippen LogP contribution < -0.4 is 5.73 Å². The average Bonchev–Trinajstić information content (AvgIpc) is 2.67. The number of nitrogens with two attached hydrogens (primary N) is 1. The molecule has 0 fully saturated rings. The van der Waals surface area contributed by atoms with Gasteiger partial charge in [0.15, 0.2) is 0 Å². The van der Waals surface area contributed by atoms with Crippen LogP contribution in [0.3, 0.4) is 0 Å². The molecule has 0 bridgehead atoms. The predicted molar refractivity (Wildman–Crippen MR) is 59.5 cm³/mol. The van der Waals surface area contributed by atoms with Gasteiger partial charge in [0.05, 0.1) is 5.69 Å². The third kappa shape index (κ3) is 1.52. The van der Waals surface area contributed by atoms with E-state index in [1.54, 1.807) is 6.20 Å². The summed E-state index contributed by atoms with van der Waals surface area (Å²) >= 11 is 4.93. The van der Waals surface area contributed by atoms with E-state index in [1.807, 2.05) is 41.1 Å². The number of rotatable bonds is 2. The minimum Gasteiger partial charge on any atom is -0.388 e. The summed E-state index contributed by atoms with van der Waals surface area (Å²) in [7, 11) is 0. The van der Waals surface area contributed by atoms with Crippen LogP contribution in [0.2, 0.25) is 0 Å². The van der Waals surface area contributed by atoms with Gasteiger partial charge in [-0.2, -0.15) is 0 Å². The van der Waals surface area contributed by atoms with E-state index in [9.17, 15) is 0 Å². The highest BCUT2D eigenvalue weighted by molar-refractivity contribution is 7.80. The molecule has 2 heterocycles. The number of nitrogens with zero attached hydrogens (tertiary/aromatic N) is 2. The van der Waals surface area contributed by atoms with Crippen molar-refractivity contribution in [3.8, 4) is 5.82 Å². The Bertz CT molecular complexity index is 447. The minimum atomic E-state index is 0.376. The number of thiocarbonyl (C=S) groups is 1. The van der Waals surface area contributed by atoms with Crippen molar-refractivity contribution in [3.63, 3.8) is 0 Å². The van der Waals surface area contributed by atoms with Gasteiger partial charge in [-0.25, -0.2) is 4.98 Å². The van der Waals surface area contributed by atoms with Gasteiger partial charge in [-0.3, -0.25) is 4.57 Å². The van der Waals surface area contributed by atoms with Gasteiger partial charge in [0, 0.05) is 12.4 Å². The van der Waals surface area contributed by atoms with Crippen LogP contribution in [0, 0.1) is 0 Å². The molecule has 0 aromatic carbocycles. The van der Waals surface area contributed by atoms with E-state index in [2.05, 4.69) is 4.98 Å². The van der Waals surface area contributed by atoms with Gasteiger partial charge in [0.2, 0.25) is 0 Å². The highest BCUT2D eigenvalue weighted by atomic mass is 32.1. The summed E-state index contributed by atoms with van der Waals surface area (Å²) in [4.78, 5) is 4.59. The van der Waals surface area contributed by atoms with Crippen molar-refractivity contribution in [1.29, 1.82) is 0 Å². The number of hydrogen-bond acceptors (Lipinski definition) is 2. The SMILES string of the molecule is NC(=S)c1cccn1-c1ccccn1. The standard InChI is InChI=1S/C10H9N3S/c11-10(14)8-4-3-7-13(8)9-5-1-2-6-12-9/h1-7H,(H2,11,14). The van der Waals surface area contributed by atoms with Crippen LogP contribution in [-0.4, -0.2) is 14.5 Å². The Morgan fingerprint density at radius 2 is 2.14 bits per heavy atom. The smallest absolute Gasteiger partial charge is 0.137 e. The Kier molecular flexibility index (Phi) is 2.28. The second-order valence-electron chi connectivity index (χ2n) is 2.82. The highest BCUT2D eigenvalue weighted by Crippen LogP contribution is 2.09. The van der Waals surface area contributed by atoms with Crippen molar-refractivity contribution in [2.45, 2.75) is 0 Å². The van der Waals surface area contributed by atoms with Gasteiger partial charge in [-0.15, -0.1) is 0 Å². The first-order chi connectivity index (χ1) is 6.79. The summed E-state index contributed by atoms with van der Waals surface area (Å²) in [6.45, 7) is 0. The van der Waals surface area contributed by atoms with E-state index in [-0.39, 0.29) is 0 Å². The molecule has 70 valence electrons. The molecule has 2 rings (SSSR count). The normalized spacial score (nSPS) is 10.0. The van der Waals surface area contributed by atoms with Gasteiger partial charge in [0.25, 0.3) is 0 Å². The topological polar surface area (TPSA) is 43.8 Å². The van der Waals surface area contributed by atoms with Crippen LogP contribution in [0.1, 0.15) is 5.69 Å². The molecule has 0 aliphatic heterocycles. The molecular formula is C10H9N3S. The lowest BCUT2D eigenvalue weighted by Crippen LogP contribution is -2.14. The van der Waals surface area contributed by atoms with Gasteiger partial charge in [-0.05, 0) is 24.3 Å². The summed E-state index contributed by atoms with van der Waals surface area (Å²) in [6, 6.07) is 9.46. The third-order valence-electron chi connectivity index (χ3n) is 1.90. The first kappa shape index (κ1) is 8.90. The van der Waals surface area contributed by atoms with Crippen molar-refractivity contribution in [2.75, 3.05) is 0 Å². The van der Waals surface area contributed by atoms with E-state index in [4.69, 9.17) is 18.0 Å². The molecule has 2 N–H and O–H groups in total. The minimum absolute atomic E-state index is 0.376. The molecule has 0 unspecified atom stereocenters. The van der Waals surface area contributed by atoms with Crippen LogP contribution in [-0.2, 0) is 0 Å². The molecule has 3 nitrogen and oxygen atoms in total. The quantitative estimate of drug-likeness (QED) is 0.752. The van der Waals surface area contributed by atoms with Crippen LogP contribution in [0.5, 0.6) is 0 Å². The summed E-state index contributed by atoms with van der Waals surface area (Å²) in [5.74, 6) is 0.820. The van der Waals surface area contributed by atoms with Gasteiger partial charge < -0.3 is 5.73 Å². The van der Waals surface area contributed by atoms with Crippen molar-refractivity contribution >= 4 is 17.2 Å². The van der Waals surface area contributed by atoms with E-state index < -0.39 is 0 Å². The Morgan fingerprint density at radius 3 is 2.79 bits per heavy atom. The number of aromatic nitrogens is 2. The zero-order valence-corrected chi connectivity index (χ0v) is 8.24. The molecule has 2 aromatic heterocycles. The van der Waals surface area contributed by atoms with Crippen LogP contribution in [0.15, 0.2) is 42.7 Å². The Morgan fingerprint density at radius 1 is 1.29 bits per heavy atom. The predicted octanol–water partition coefficient (Wildman–Crippen LogP) is 1.51. The monoisotopic (exact) mass is 203 g/mol. The first-order valence-corrected chi connectivity index (χ1v) is 4.58. The molecule has 14 heavy (non-hydrogen) atoms. The van der Waals surface area contributed by atoms with E-state index in [0.29, 0.717) is 4.99 Å². The Hall–Kier alpha value is -1.68. The molecule has 0 aliphatic carbocycles. The van der Waals surface area contributed by atoms with Crippen LogP contribution in [0.25, 0.3) is 5.82 Å². The molecule has 0 spiro atoms. The summed E-state index contributed by atoms with van der Waals surface area (Å²) in [6.07, 6.45) is 3.62. The Labute approximate surface area is 87.2 Å². The maximum atomic E-state index is 5.58. The summed E-state index contributed by atoms with van der Waals surface area (Å²) in [5, 5.41) is 0. The largest absolute Gasteiger partial charge is 0.388 e. The first-order valence-electron chi connectivity index (χ1n) is 4.17. The average molecular weight is 203 g/mol. The van der Waals surface area contributed by atoms with Gasteiger partial charge in [0.1, 0.15) is 10.8 Å².